The van der Waals surface area contributed by atoms with Gasteiger partial charge in [-0.3, -0.25) is 0 Å². The van der Waals surface area contributed by atoms with E-state index in [1.165, 1.54) is 5.56 Å². The van der Waals surface area contributed by atoms with Crippen LogP contribution in [0.3, 0.4) is 0 Å². The summed E-state index contributed by atoms with van der Waals surface area (Å²) in [5, 5.41) is 13.3. The van der Waals surface area contributed by atoms with Crippen LogP contribution >= 0.6 is 0 Å². The number of aromatic nitrogens is 1. The lowest BCUT2D eigenvalue weighted by molar-refractivity contribution is -0.536. The second-order valence-electron chi connectivity index (χ2n) is 9.06. The van der Waals surface area contributed by atoms with Gasteiger partial charge in [0, 0.05) is 11.7 Å². The topological polar surface area (TPSA) is 58.3 Å². The van der Waals surface area contributed by atoms with Gasteiger partial charge < -0.3 is 14.3 Å². The van der Waals surface area contributed by atoms with E-state index in [0.717, 1.165) is 36.3 Å². The summed E-state index contributed by atoms with van der Waals surface area (Å²) in [5.74, 6) is 2.20. The van der Waals surface area contributed by atoms with Gasteiger partial charge in [-0.2, -0.15) is 0 Å². The Hall–Kier alpha value is -1.65. The van der Waals surface area contributed by atoms with Crippen LogP contribution in [0.1, 0.15) is 57.6 Å². The molecule has 0 N–H and O–H groups in total. The molecule has 3 fully saturated rings. The highest BCUT2D eigenvalue weighted by atomic mass is 16.5. The molecule has 4 nitrogen and oxygen atoms in total. The Kier molecular flexibility index (Phi) is 4.47. The van der Waals surface area contributed by atoms with Gasteiger partial charge in [0.05, 0.1) is 6.61 Å². The van der Waals surface area contributed by atoms with Gasteiger partial charge in [0.15, 0.2) is 0 Å². The third-order valence-electron chi connectivity index (χ3n) is 7.24. The molecule has 3 aliphatic carbocycles. The van der Waals surface area contributed by atoms with Crippen LogP contribution in [0.2, 0.25) is 0 Å². The van der Waals surface area contributed by atoms with Crippen molar-refractivity contribution in [2.24, 2.45) is 17.3 Å². The largest absolute Gasteiger partial charge is 0.848 e. The van der Waals surface area contributed by atoms with E-state index in [1.807, 2.05) is 32.0 Å². The zero-order valence-corrected chi connectivity index (χ0v) is 17.0. The highest BCUT2D eigenvalue weighted by Gasteiger charge is 2.58. The van der Waals surface area contributed by atoms with Crippen molar-refractivity contribution >= 4 is 0 Å². The lowest BCUT2D eigenvalue weighted by atomic mass is 9.43. The van der Waals surface area contributed by atoms with Crippen molar-refractivity contribution in [3.63, 3.8) is 0 Å². The molecular weight excluding hydrogens is 338 g/mol. The van der Waals surface area contributed by atoms with Crippen molar-refractivity contribution in [3.05, 3.63) is 41.3 Å². The summed E-state index contributed by atoms with van der Waals surface area (Å²) >= 11 is 0. The van der Waals surface area contributed by atoms with Gasteiger partial charge >= 0.3 is 0 Å². The lowest BCUT2D eigenvalue weighted by Gasteiger charge is -2.70. The first-order valence-electron chi connectivity index (χ1n) is 10.1. The average molecular weight is 368 g/mol. The van der Waals surface area contributed by atoms with Gasteiger partial charge in [0.2, 0.25) is 5.89 Å². The molecule has 4 atom stereocenters. The zero-order chi connectivity index (χ0) is 19.4. The predicted molar refractivity (Wildman–Crippen MR) is 103 cm³/mol. The van der Waals surface area contributed by atoms with Gasteiger partial charge in [0.1, 0.15) is 11.5 Å². The van der Waals surface area contributed by atoms with Crippen LogP contribution in [0.4, 0.5) is 0 Å². The molecule has 0 aliphatic heterocycles. The number of nitrogens with zero attached hydrogens (tertiary/aromatic N) is 1. The number of hydrogen-bond acceptors (Lipinski definition) is 4. The highest BCUT2D eigenvalue weighted by molar-refractivity contribution is 5.59. The summed E-state index contributed by atoms with van der Waals surface area (Å²) in [7, 11) is 0. The van der Waals surface area contributed by atoms with Crippen molar-refractivity contribution in [3.8, 4) is 11.5 Å². The van der Waals surface area contributed by atoms with E-state index in [0.29, 0.717) is 18.4 Å². The molecule has 1 heterocycles. The Labute approximate surface area is 162 Å². The first-order chi connectivity index (χ1) is 12.7. The smallest absolute Gasteiger partial charge is 0.226 e. The first kappa shape index (κ1) is 18.7. The van der Waals surface area contributed by atoms with Gasteiger partial charge in [-0.25, -0.2) is 4.98 Å². The Morgan fingerprint density at radius 3 is 2.63 bits per heavy atom. The molecule has 3 saturated carbocycles. The summed E-state index contributed by atoms with van der Waals surface area (Å²) in [6, 6.07) is 8.18. The number of rotatable bonds is 5. The number of fused-ring (bicyclic) bond motifs is 2. The second-order valence-corrected chi connectivity index (χ2v) is 9.06. The molecule has 27 heavy (non-hydrogen) atoms. The molecule has 4 heteroatoms. The van der Waals surface area contributed by atoms with E-state index in [1.54, 1.807) is 0 Å². The fourth-order valence-corrected chi connectivity index (χ4v) is 5.23. The van der Waals surface area contributed by atoms with Crippen molar-refractivity contribution in [1.82, 2.24) is 4.98 Å². The SMILES string of the molecule is CCc1ccccc1-c1nc(CO[C@H]2C[C@H]3C[C@H](C3(C)C)[C@@]2(C)[O-])c(C)o1. The summed E-state index contributed by atoms with van der Waals surface area (Å²) in [5.41, 5.74) is 2.16. The Bertz CT molecular complexity index is 836. The molecule has 1 aromatic carbocycles. The van der Waals surface area contributed by atoms with E-state index in [-0.39, 0.29) is 17.4 Å². The Balaban J connectivity index is 1.49. The maximum absolute atomic E-state index is 13.3. The summed E-state index contributed by atoms with van der Waals surface area (Å²) in [6.45, 7) is 10.7. The maximum Gasteiger partial charge on any atom is 0.226 e. The summed E-state index contributed by atoms with van der Waals surface area (Å²) < 4.78 is 12.1. The minimum Gasteiger partial charge on any atom is -0.848 e. The van der Waals surface area contributed by atoms with Crippen LogP contribution in [0.5, 0.6) is 0 Å². The first-order valence-corrected chi connectivity index (χ1v) is 10.1. The maximum atomic E-state index is 13.3. The van der Waals surface area contributed by atoms with Crippen LogP contribution < -0.4 is 5.11 Å². The Morgan fingerprint density at radius 2 is 1.96 bits per heavy atom. The molecule has 5 rings (SSSR count). The second kappa shape index (κ2) is 6.46. The van der Waals surface area contributed by atoms with E-state index in [4.69, 9.17) is 9.15 Å². The lowest BCUT2D eigenvalue weighted by Crippen LogP contribution is -2.72. The molecule has 2 aromatic rings. The number of benzene rings is 1. The van der Waals surface area contributed by atoms with Crippen molar-refractivity contribution in [1.29, 1.82) is 0 Å². The molecule has 0 unspecified atom stereocenters. The highest BCUT2D eigenvalue weighted by Crippen LogP contribution is 2.62. The van der Waals surface area contributed by atoms with Gasteiger partial charge in [-0.15, -0.1) is 0 Å². The normalized spacial score (nSPS) is 31.6. The van der Waals surface area contributed by atoms with Crippen molar-refractivity contribution < 1.29 is 14.3 Å². The van der Waals surface area contributed by atoms with E-state index in [2.05, 4.69) is 31.8 Å². The molecule has 2 bridgehead atoms. The van der Waals surface area contributed by atoms with Crippen LogP contribution in [0.15, 0.2) is 28.7 Å². The molecule has 3 aliphatic rings. The third-order valence-corrected chi connectivity index (χ3v) is 7.24. The number of oxazole rings is 1. The van der Waals surface area contributed by atoms with Gasteiger partial charge in [-0.05, 0) is 55.1 Å². The minimum atomic E-state index is -1.03. The third kappa shape index (κ3) is 2.94. The van der Waals surface area contributed by atoms with Gasteiger partial charge in [0.25, 0.3) is 0 Å². The molecule has 0 saturated heterocycles. The molecule has 1 aromatic heterocycles. The minimum absolute atomic E-state index is 0.150. The summed E-state index contributed by atoms with van der Waals surface area (Å²) in [4.78, 5) is 4.69. The van der Waals surface area contributed by atoms with E-state index >= 15 is 0 Å². The number of ether oxygens (including phenoxy) is 1. The Morgan fingerprint density at radius 1 is 1.22 bits per heavy atom. The number of hydrogen-bond donors (Lipinski definition) is 0. The molecule has 146 valence electrons. The van der Waals surface area contributed by atoms with Crippen molar-refractivity contribution in [2.75, 3.05) is 0 Å². The van der Waals surface area contributed by atoms with Crippen LogP contribution in [0.25, 0.3) is 11.5 Å². The molecule has 0 radical (unpaired) electrons. The predicted octanol–water partition coefficient (Wildman–Crippen LogP) is 4.28. The fourth-order valence-electron chi connectivity index (χ4n) is 5.23. The molecular formula is C23H30NO3-. The van der Waals surface area contributed by atoms with Gasteiger partial charge in [-0.1, -0.05) is 51.5 Å². The molecule has 0 amide bonds. The standard InChI is InChI=1S/C23H30NO3/c1-6-15-9-7-8-10-17(15)21-24-18(14(2)27-21)13-26-20-12-16-11-19(22(16,3)4)23(20,5)25/h7-10,16,19-20H,6,11-13H2,1-5H3/q-1/t16-,19-,20+,23-/m1/s1. The van der Waals surface area contributed by atoms with Crippen LogP contribution in [0, 0.1) is 24.2 Å². The number of aryl methyl sites for hydroxylation is 2. The van der Waals surface area contributed by atoms with Crippen LogP contribution in [-0.2, 0) is 17.8 Å². The molecule has 0 spiro atoms. The van der Waals surface area contributed by atoms with Crippen molar-refractivity contribution in [2.45, 2.75) is 72.2 Å². The monoisotopic (exact) mass is 368 g/mol. The van der Waals surface area contributed by atoms with E-state index in [9.17, 15) is 5.11 Å². The zero-order valence-electron chi connectivity index (χ0n) is 17.0. The fraction of sp³-hybridized carbons (Fsp3) is 0.609. The van der Waals surface area contributed by atoms with Crippen LogP contribution in [-0.4, -0.2) is 16.7 Å². The average Bonchev–Trinajstić information content (AvgIpc) is 3.00. The van der Waals surface area contributed by atoms with E-state index < -0.39 is 5.60 Å². The summed E-state index contributed by atoms with van der Waals surface area (Å²) in [6.07, 6.45) is 2.58. The quantitative estimate of drug-likeness (QED) is 0.790.